The fourth-order valence-corrected chi connectivity index (χ4v) is 5.46. The van der Waals surface area contributed by atoms with Gasteiger partial charge in [0.1, 0.15) is 5.82 Å². The van der Waals surface area contributed by atoms with Gasteiger partial charge in [-0.2, -0.15) is 0 Å². The number of hydrogen-bond acceptors (Lipinski definition) is 3. The second-order valence-electron chi connectivity index (χ2n) is 8.77. The van der Waals surface area contributed by atoms with Crippen LogP contribution in [0.5, 0.6) is 0 Å². The predicted octanol–water partition coefficient (Wildman–Crippen LogP) is 7.22. The molecule has 1 aliphatic heterocycles. The molecule has 4 nitrogen and oxygen atoms in total. The standard InChI is InChI=1S/C30H21FN2O2S/c31-26-11-5-3-9-23(26)18-32-19-24(25-10-4-6-12-27(25)32)16-28-29(34)33(30(35)36-28)17-20-13-14-21-7-1-2-8-22(21)15-20/h1-16,19H,17-18H2/b28-16-. The van der Waals surface area contributed by atoms with E-state index in [1.54, 1.807) is 18.2 Å². The van der Waals surface area contributed by atoms with Gasteiger partial charge < -0.3 is 4.57 Å². The topological polar surface area (TPSA) is 42.3 Å². The molecule has 6 heteroatoms. The quantitative estimate of drug-likeness (QED) is 0.243. The smallest absolute Gasteiger partial charge is 0.293 e. The summed E-state index contributed by atoms with van der Waals surface area (Å²) in [6, 6.07) is 28.5. The molecule has 1 saturated heterocycles. The van der Waals surface area contributed by atoms with Crippen molar-refractivity contribution >= 4 is 50.7 Å². The Morgan fingerprint density at radius 1 is 0.806 bits per heavy atom. The van der Waals surface area contributed by atoms with Crippen LogP contribution in [0.3, 0.4) is 0 Å². The summed E-state index contributed by atoms with van der Waals surface area (Å²) >= 11 is 0.953. The van der Waals surface area contributed by atoms with Crippen molar-refractivity contribution in [1.82, 2.24) is 9.47 Å². The molecule has 4 aromatic carbocycles. The number of benzene rings is 4. The lowest BCUT2D eigenvalue weighted by molar-refractivity contribution is -0.123. The summed E-state index contributed by atoms with van der Waals surface area (Å²) in [5.41, 5.74) is 3.24. The first-order chi connectivity index (χ1) is 17.6. The van der Waals surface area contributed by atoms with Crippen LogP contribution < -0.4 is 0 Å². The molecule has 0 saturated carbocycles. The average Bonchev–Trinajstić information content (AvgIpc) is 3.37. The van der Waals surface area contributed by atoms with E-state index in [0.717, 1.165) is 44.6 Å². The number of aromatic nitrogens is 1. The number of imide groups is 1. The van der Waals surface area contributed by atoms with Crippen LogP contribution >= 0.6 is 11.8 Å². The molecule has 176 valence electrons. The zero-order valence-corrected chi connectivity index (χ0v) is 20.0. The van der Waals surface area contributed by atoms with E-state index in [9.17, 15) is 14.0 Å². The Hall–Kier alpha value is -4.16. The molecule has 0 spiro atoms. The highest BCUT2D eigenvalue weighted by Crippen LogP contribution is 2.35. The van der Waals surface area contributed by atoms with Crippen molar-refractivity contribution in [2.75, 3.05) is 0 Å². The minimum absolute atomic E-state index is 0.224. The second-order valence-corrected chi connectivity index (χ2v) is 9.76. The predicted molar refractivity (Wildman–Crippen MR) is 143 cm³/mol. The fourth-order valence-electron chi connectivity index (χ4n) is 4.63. The van der Waals surface area contributed by atoms with Crippen molar-refractivity contribution in [2.24, 2.45) is 0 Å². The molecular weight excluding hydrogens is 471 g/mol. The van der Waals surface area contributed by atoms with Crippen molar-refractivity contribution in [3.8, 4) is 0 Å². The minimum atomic E-state index is -0.302. The van der Waals surface area contributed by atoms with Gasteiger partial charge in [0.15, 0.2) is 0 Å². The van der Waals surface area contributed by atoms with Gasteiger partial charge in [-0.05, 0) is 52.4 Å². The van der Waals surface area contributed by atoms with E-state index in [-0.39, 0.29) is 23.5 Å². The Morgan fingerprint density at radius 3 is 2.42 bits per heavy atom. The summed E-state index contributed by atoms with van der Waals surface area (Å²) in [4.78, 5) is 27.7. The summed E-state index contributed by atoms with van der Waals surface area (Å²) in [7, 11) is 0. The number of fused-ring (bicyclic) bond motifs is 2. The summed E-state index contributed by atoms with van der Waals surface area (Å²) in [6.45, 7) is 0.590. The Kier molecular flexibility index (Phi) is 5.66. The molecule has 1 fully saturated rings. The maximum atomic E-state index is 14.3. The normalized spacial score (nSPS) is 15.0. The van der Waals surface area contributed by atoms with Crippen LogP contribution in [0.15, 0.2) is 102 Å². The van der Waals surface area contributed by atoms with Crippen LogP contribution in [0.2, 0.25) is 0 Å². The zero-order valence-electron chi connectivity index (χ0n) is 19.2. The minimum Gasteiger partial charge on any atom is -0.342 e. The van der Waals surface area contributed by atoms with Gasteiger partial charge in [0, 0.05) is 28.2 Å². The van der Waals surface area contributed by atoms with Crippen LogP contribution in [0.25, 0.3) is 27.8 Å². The summed E-state index contributed by atoms with van der Waals surface area (Å²) in [6.07, 6.45) is 3.68. The Bertz CT molecular complexity index is 1690. The molecule has 0 atom stereocenters. The van der Waals surface area contributed by atoms with Gasteiger partial charge in [-0.15, -0.1) is 0 Å². The molecule has 0 bridgehead atoms. The first-order valence-electron chi connectivity index (χ1n) is 11.6. The van der Waals surface area contributed by atoms with E-state index in [4.69, 9.17) is 0 Å². The number of hydrogen-bond donors (Lipinski definition) is 0. The first-order valence-corrected chi connectivity index (χ1v) is 12.4. The van der Waals surface area contributed by atoms with Crippen molar-refractivity contribution in [3.63, 3.8) is 0 Å². The van der Waals surface area contributed by atoms with E-state index in [1.807, 2.05) is 83.6 Å². The lowest BCUT2D eigenvalue weighted by atomic mass is 10.1. The number of nitrogens with zero attached hydrogens (tertiary/aromatic N) is 2. The van der Waals surface area contributed by atoms with Gasteiger partial charge in [0.05, 0.1) is 18.0 Å². The van der Waals surface area contributed by atoms with E-state index >= 15 is 0 Å². The molecule has 2 heterocycles. The highest BCUT2D eigenvalue weighted by atomic mass is 32.2. The number of thioether (sulfide) groups is 1. The number of carbonyl (C=O) groups is 2. The van der Waals surface area contributed by atoms with Gasteiger partial charge in [0.25, 0.3) is 11.1 Å². The van der Waals surface area contributed by atoms with Gasteiger partial charge in [-0.3, -0.25) is 14.5 Å². The van der Waals surface area contributed by atoms with E-state index in [1.165, 1.54) is 11.0 Å². The van der Waals surface area contributed by atoms with Gasteiger partial charge >= 0.3 is 0 Å². The number of para-hydroxylation sites is 1. The Labute approximate surface area is 211 Å². The molecule has 0 N–H and O–H groups in total. The van der Waals surface area contributed by atoms with Crippen LogP contribution in [0.4, 0.5) is 9.18 Å². The highest BCUT2D eigenvalue weighted by Gasteiger charge is 2.35. The van der Waals surface area contributed by atoms with Crippen molar-refractivity contribution < 1.29 is 14.0 Å². The SMILES string of the molecule is O=C1S/C(=C\c2cn(Cc3ccccc3F)c3ccccc23)C(=O)N1Cc1ccc2ccccc2c1. The molecule has 1 aromatic heterocycles. The third-order valence-corrected chi connectivity index (χ3v) is 7.34. The molecule has 36 heavy (non-hydrogen) atoms. The third kappa shape index (κ3) is 4.10. The third-order valence-electron chi connectivity index (χ3n) is 6.43. The lowest BCUT2D eigenvalue weighted by Crippen LogP contribution is -2.27. The number of halogens is 1. The molecule has 1 aliphatic rings. The maximum Gasteiger partial charge on any atom is 0.293 e. The lowest BCUT2D eigenvalue weighted by Gasteiger charge is -2.13. The highest BCUT2D eigenvalue weighted by molar-refractivity contribution is 8.18. The van der Waals surface area contributed by atoms with Crippen LogP contribution in [-0.2, 0) is 17.9 Å². The fraction of sp³-hybridized carbons (Fsp3) is 0.0667. The summed E-state index contributed by atoms with van der Waals surface area (Å²) in [5, 5.41) is 2.84. The Balaban J connectivity index is 1.31. The van der Waals surface area contributed by atoms with E-state index in [0.29, 0.717) is 17.0 Å². The van der Waals surface area contributed by atoms with Gasteiger partial charge in [0.2, 0.25) is 0 Å². The number of carbonyl (C=O) groups excluding carboxylic acids is 2. The molecule has 0 aliphatic carbocycles. The zero-order chi connectivity index (χ0) is 24.6. The van der Waals surface area contributed by atoms with Crippen LogP contribution in [0.1, 0.15) is 16.7 Å². The van der Waals surface area contributed by atoms with Crippen molar-refractivity contribution in [1.29, 1.82) is 0 Å². The van der Waals surface area contributed by atoms with E-state index < -0.39 is 0 Å². The van der Waals surface area contributed by atoms with E-state index in [2.05, 4.69) is 0 Å². The molecule has 6 rings (SSSR count). The molecule has 2 amide bonds. The molecule has 5 aromatic rings. The largest absolute Gasteiger partial charge is 0.342 e. The average molecular weight is 493 g/mol. The van der Waals surface area contributed by atoms with Gasteiger partial charge in [-0.25, -0.2) is 4.39 Å². The van der Waals surface area contributed by atoms with Crippen molar-refractivity contribution in [2.45, 2.75) is 13.1 Å². The monoisotopic (exact) mass is 492 g/mol. The second kappa shape index (κ2) is 9.13. The summed E-state index contributed by atoms with van der Waals surface area (Å²) < 4.78 is 16.3. The van der Waals surface area contributed by atoms with Crippen LogP contribution in [0, 0.1) is 5.82 Å². The number of rotatable bonds is 5. The molecule has 0 unspecified atom stereocenters. The molecule has 0 radical (unpaired) electrons. The van der Waals surface area contributed by atoms with Crippen molar-refractivity contribution in [3.05, 3.63) is 125 Å². The number of amides is 2. The molecular formula is C30H21FN2O2S. The van der Waals surface area contributed by atoms with Gasteiger partial charge in [-0.1, -0.05) is 72.8 Å². The maximum absolute atomic E-state index is 14.3. The van der Waals surface area contributed by atoms with Crippen LogP contribution in [-0.4, -0.2) is 20.6 Å². The Morgan fingerprint density at radius 2 is 1.56 bits per heavy atom. The first kappa shape index (κ1) is 22.3. The summed E-state index contributed by atoms with van der Waals surface area (Å²) in [5.74, 6) is -0.560.